The molecule has 2 nitrogen and oxygen atoms in total. The van der Waals surface area contributed by atoms with E-state index in [-0.39, 0.29) is 6.42 Å². The first-order chi connectivity index (χ1) is 4.29. The minimum atomic E-state index is -0.777. The maximum absolute atomic E-state index is 10.1. The van der Waals surface area contributed by atoms with E-state index < -0.39 is 5.97 Å². The molecule has 1 N–H and O–H groups in total. The maximum Gasteiger partial charge on any atom is 0.307 e. The molecule has 0 aromatic rings. The minimum Gasteiger partial charge on any atom is -0.481 e. The van der Waals surface area contributed by atoms with Gasteiger partial charge < -0.3 is 5.11 Å². The Bertz CT molecular complexity index is 177. The topological polar surface area (TPSA) is 37.3 Å². The number of allylic oxidation sites excluding steroid dienone is 3. The van der Waals surface area contributed by atoms with E-state index in [2.05, 4.69) is 0 Å². The highest BCUT2D eigenvalue weighted by Crippen LogP contribution is 2.12. The van der Waals surface area contributed by atoms with Crippen LogP contribution in [0.3, 0.4) is 0 Å². The van der Waals surface area contributed by atoms with Crippen LogP contribution in [0.5, 0.6) is 0 Å². The molecule has 0 spiro atoms. The van der Waals surface area contributed by atoms with Crippen molar-refractivity contribution >= 4 is 5.97 Å². The summed E-state index contributed by atoms with van der Waals surface area (Å²) < 4.78 is 0. The van der Waals surface area contributed by atoms with Gasteiger partial charge in [-0.15, -0.1) is 0 Å². The van der Waals surface area contributed by atoms with Crippen LogP contribution < -0.4 is 0 Å². The summed E-state index contributed by atoms with van der Waals surface area (Å²) in [6.45, 7) is 0. The molecule has 0 unspecified atom stereocenters. The standard InChI is InChI=1S/C7H7O2/c8-7(9)5-6-3-1-2-4-6/h1-4H,5H2,(H,8,9). The summed E-state index contributed by atoms with van der Waals surface area (Å²) in [6, 6.07) is 0. The number of carbonyl (C=O) groups is 1. The van der Waals surface area contributed by atoms with E-state index in [1.165, 1.54) is 0 Å². The van der Waals surface area contributed by atoms with E-state index in [1.54, 1.807) is 12.5 Å². The van der Waals surface area contributed by atoms with Crippen molar-refractivity contribution in [3.8, 4) is 0 Å². The van der Waals surface area contributed by atoms with Gasteiger partial charge in [-0.3, -0.25) is 4.79 Å². The van der Waals surface area contributed by atoms with Gasteiger partial charge in [0.2, 0.25) is 0 Å². The van der Waals surface area contributed by atoms with Crippen molar-refractivity contribution in [3.63, 3.8) is 0 Å². The second-order valence-electron chi connectivity index (χ2n) is 1.86. The molecule has 0 atom stereocenters. The SMILES string of the molecule is O=C(O)CC1=CC=C[CH]1. The number of aliphatic carboxylic acids is 1. The van der Waals surface area contributed by atoms with Crippen LogP contribution in [0.15, 0.2) is 23.8 Å². The lowest BCUT2D eigenvalue weighted by Gasteiger charge is -1.91. The second kappa shape index (κ2) is 2.49. The fourth-order valence-corrected chi connectivity index (χ4v) is 0.706. The molecule has 1 rings (SSSR count). The third-order valence-electron chi connectivity index (χ3n) is 1.09. The van der Waals surface area contributed by atoms with Crippen LogP contribution in [0.25, 0.3) is 0 Å². The zero-order valence-corrected chi connectivity index (χ0v) is 4.87. The van der Waals surface area contributed by atoms with Crippen molar-refractivity contribution in [2.24, 2.45) is 0 Å². The van der Waals surface area contributed by atoms with Gasteiger partial charge >= 0.3 is 5.97 Å². The molecular weight excluding hydrogens is 116 g/mol. The van der Waals surface area contributed by atoms with Crippen molar-refractivity contribution in [1.29, 1.82) is 0 Å². The van der Waals surface area contributed by atoms with Gasteiger partial charge in [0.25, 0.3) is 0 Å². The third kappa shape index (κ3) is 1.72. The number of hydrogen-bond donors (Lipinski definition) is 1. The first-order valence-electron chi connectivity index (χ1n) is 2.71. The quantitative estimate of drug-likeness (QED) is 0.598. The van der Waals surface area contributed by atoms with E-state index in [9.17, 15) is 4.79 Å². The van der Waals surface area contributed by atoms with E-state index in [0.717, 1.165) is 5.57 Å². The van der Waals surface area contributed by atoms with Crippen molar-refractivity contribution in [3.05, 3.63) is 30.2 Å². The average Bonchev–Trinajstić information content (AvgIpc) is 2.15. The third-order valence-corrected chi connectivity index (χ3v) is 1.09. The molecule has 0 aliphatic heterocycles. The molecule has 1 radical (unpaired) electrons. The number of carboxylic acids is 1. The lowest BCUT2D eigenvalue weighted by atomic mass is 10.2. The Kier molecular flexibility index (Phi) is 1.68. The molecule has 0 bridgehead atoms. The van der Waals surface area contributed by atoms with Gasteiger partial charge in [-0.1, -0.05) is 23.8 Å². The number of carboxylic acid groups (broad SMARTS) is 1. The van der Waals surface area contributed by atoms with Gasteiger partial charge in [-0.2, -0.15) is 0 Å². The van der Waals surface area contributed by atoms with Crippen LogP contribution >= 0.6 is 0 Å². The molecule has 0 aromatic heterocycles. The molecule has 9 heavy (non-hydrogen) atoms. The largest absolute Gasteiger partial charge is 0.481 e. The molecule has 47 valence electrons. The predicted molar refractivity (Wildman–Crippen MR) is 33.8 cm³/mol. The Labute approximate surface area is 53.5 Å². The summed E-state index contributed by atoms with van der Waals surface area (Å²) in [6.07, 6.45) is 7.39. The fourth-order valence-electron chi connectivity index (χ4n) is 0.706. The van der Waals surface area contributed by atoms with Crippen molar-refractivity contribution in [2.75, 3.05) is 0 Å². The Hall–Kier alpha value is -1.05. The summed E-state index contributed by atoms with van der Waals surface area (Å²) in [5, 5.41) is 8.29. The normalized spacial score (nSPS) is 15.8. The fraction of sp³-hybridized carbons (Fsp3) is 0.143. The zero-order valence-electron chi connectivity index (χ0n) is 4.87. The van der Waals surface area contributed by atoms with Gasteiger partial charge in [0.15, 0.2) is 0 Å². The van der Waals surface area contributed by atoms with E-state index in [4.69, 9.17) is 5.11 Å². The highest BCUT2D eigenvalue weighted by atomic mass is 16.4. The molecule has 0 amide bonds. The van der Waals surface area contributed by atoms with Crippen LogP contribution in [0.1, 0.15) is 6.42 Å². The smallest absolute Gasteiger partial charge is 0.307 e. The molecule has 0 aromatic carbocycles. The summed E-state index contributed by atoms with van der Waals surface area (Å²) in [4.78, 5) is 10.1. The zero-order chi connectivity index (χ0) is 6.69. The molecule has 0 heterocycles. The van der Waals surface area contributed by atoms with Gasteiger partial charge in [-0.25, -0.2) is 0 Å². The van der Waals surface area contributed by atoms with Gasteiger partial charge in [0.1, 0.15) is 0 Å². The summed E-state index contributed by atoms with van der Waals surface area (Å²) in [5.41, 5.74) is 0.863. The maximum atomic E-state index is 10.1. The molecule has 1 aliphatic carbocycles. The molecule has 0 saturated carbocycles. The lowest BCUT2D eigenvalue weighted by Crippen LogP contribution is -1.95. The van der Waals surface area contributed by atoms with Gasteiger partial charge in [0, 0.05) is 6.42 Å². The molecule has 2 heteroatoms. The second-order valence-corrected chi connectivity index (χ2v) is 1.86. The van der Waals surface area contributed by atoms with Crippen LogP contribution in [-0.2, 0) is 4.79 Å². The van der Waals surface area contributed by atoms with Crippen LogP contribution in [0, 0.1) is 6.42 Å². The van der Waals surface area contributed by atoms with Crippen molar-refractivity contribution in [1.82, 2.24) is 0 Å². The van der Waals surface area contributed by atoms with Crippen LogP contribution in [-0.4, -0.2) is 11.1 Å². The first-order valence-corrected chi connectivity index (χ1v) is 2.71. The Balaban J connectivity index is 2.39. The Morgan fingerprint density at radius 1 is 1.56 bits per heavy atom. The van der Waals surface area contributed by atoms with E-state index in [1.807, 2.05) is 12.2 Å². The molecule has 0 fully saturated rings. The van der Waals surface area contributed by atoms with Crippen LogP contribution in [0.4, 0.5) is 0 Å². The van der Waals surface area contributed by atoms with Gasteiger partial charge in [-0.05, 0) is 0 Å². The lowest BCUT2D eigenvalue weighted by molar-refractivity contribution is -0.136. The molecule has 1 aliphatic rings. The molecular formula is C7H7O2. The summed E-state index contributed by atoms with van der Waals surface area (Å²) in [7, 11) is 0. The Morgan fingerprint density at radius 3 is 2.78 bits per heavy atom. The number of rotatable bonds is 2. The molecule has 0 saturated heterocycles. The minimum absolute atomic E-state index is 0.132. The monoisotopic (exact) mass is 123 g/mol. The van der Waals surface area contributed by atoms with Crippen molar-refractivity contribution in [2.45, 2.75) is 6.42 Å². The summed E-state index contributed by atoms with van der Waals surface area (Å²) in [5.74, 6) is -0.777. The highest BCUT2D eigenvalue weighted by molar-refractivity contribution is 5.71. The first kappa shape index (κ1) is 6.08. The van der Waals surface area contributed by atoms with E-state index in [0.29, 0.717) is 0 Å². The Morgan fingerprint density at radius 2 is 2.33 bits per heavy atom. The number of hydrogen-bond acceptors (Lipinski definition) is 1. The summed E-state index contributed by atoms with van der Waals surface area (Å²) >= 11 is 0. The average molecular weight is 123 g/mol. The van der Waals surface area contributed by atoms with Crippen LogP contribution in [0.2, 0.25) is 0 Å². The highest BCUT2D eigenvalue weighted by Gasteiger charge is 2.03. The van der Waals surface area contributed by atoms with E-state index >= 15 is 0 Å². The van der Waals surface area contributed by atoms with Crippen molar-refractivity contribution < 1.29 is 9.90 Å². The predicted octanol–water partition coefficient (Wildman–Crippen LogP) is 1.16. The van der Waals surface area contributed by atoms with Gasteiger partial charge in [0.05, 0.1) is 6.42 Å².